The molecule has 0 amide bonds. The first kappa shape index (κ1) is 13.1. The predicted molar refractivity (Wildman–Crippen MR) is 82.4 cm³/mol. The SMILES string of the molecule is OC1CCN(c2ncc(-c3cnc4cn[nH]c4c3)cn2)CC1. The molecule has 0 bridgehead atoms. The number of fused-ring (bicyclic) bond motifs is 1. The van der Waals surface area contributed by atoms with Crippen LogP contribution in [0.4, 0.5) is 5.95 Å². The predicted octanol–water partition coefficient (Wildman–Crippen LogP) is 1.38. The van der Waals surface area contributed by atoms with Crippen LogP contribution in [0.3, 0.4) is 0 Å². The van der Waals surface area contributed by atoms with Gasteiger partial charge in [-0.15, -0.1) is 0 Å². The maximum absolute atomic E-state index is 9.55. The first-order chi connectivity index (χ1) is 10.8. The van der Waals surface area contributed by atoms with Crippen molar-refractivity contribution in [1.82, 2.24) is 25.1 Å². The molecule has 1 fully saturated rings. The summed E-state index contributed by atoms with van der Waals surface area (Å²) in [6, 6.07) is 1.99. The molecule has 22 heavy (non-hydrogen) atoms. The van der Waals surface area contributed by atoms with Crippen LogP contribution >= 0.6 is 0 Å². The van der Waals surface area contributed by atoms with Gasteiger partial charge in [-0.1, -0.05) is 0 Å². The molecule has 0 radical (unpaired) electrons. The summed E-state index contributed by atoms with van der Waals surface area (Å²) in [5, 5.41) is 16.4. The van der Waals surface area contributed by atoms with Gasteiger partial charge in [0.15, 0.2) is 0 Å². The van der Waals surface area contributed by atoms with Crippen molar-refractivity contribution < 1.29 is 5.11 Å². The van der Waals surface area contributed by atoms with Crippen molar-refractivity contribution >= 4 is 17.0 Å². The van der Waals surface area contributed by atoms with Crippen LogP contribution in [0.5, 0.6) is 0 Å². The lowest BCUT2D eigenvalue weighted by molar-refractivity contribution is 0.145. The van der Waals surface area contributed by atoms with E-state index >= 15 is 0 Å². The number of nitrogens with one attached hydrogen (secondary N) is 1. The minimum absolute atomic E-state index is 0.192. The minimum Gasteiger partial charge on any atom is -0.393 e. The summed E-state index contributed by atoms with van der Waals surface area (Å²) in [4.78, 5) is 15.4. The van der Waals surface area contributed by atoms with Crippen LogP contribution in [0.15, 0.2) is 30.9 Å². The molecule has 2 N–H and O–H groups in total. The summed E-state index contributed by atoms with van der Waals surface area (Å²) in [5.41, 5.74) is 3.61. The smallest absolute Gasteiger partial charge is 0.225 e. The van der Waals surface area contributed by atoms with Crippen LogP contribution in [-0.2, 0) is 0 Å². The van der Waals surface area contributed by atoms with Gasteiger partial charge < -0.3 is 10.0 Å². The zero-order valence-electron chi connectivity index (χ0n) is 12.0. The number of hydrogen-bond donors (Lipinski definition) is 2. The maximum Gasteiger partial charge on any atom is 0.225 e. The molecule has 0 saturated carbocycles. The molecule has 0 spiro atoms. The summed E-state index contributed by atoms with van der Waals surface area (Å²) in [5.74, 6) is 0.714. The lowest BCUT2D eigenvalue weighted by Gasteiger charge is -2.29. The molecule has 7 nitrogen and oxygen atoms in total. The number of H-pyrrole nitrogens is 1. The fourth-order valence-electron chi connectivity index (χ4n) is 2.69. The Bertz CT molecular complexity index is 776. The topological polar surface area (TPSA) is 90.8 Å². The molecule has 1 saturated heterocycles. The lowest BCUT2D eigenvalue weighted by Crippen LogP contribution is -2.36. The quantitative estimate of drug-likeness (QED) is 0.742. The number of anilines is 1. The molecule has 0 unspecified atom stereocenters. The van der Waals surface area contributed by atoms with Gasteiger partial charge >= 0.3 is 0 Å². The van der Waals surface area contributed by atoms with E-state index in [2.05, 4.69) is 30.0 Å². The van der Waals surface area contributed by atoms with Gasteiger partial charge in [0, 0.05) is 42.8 Å². The van der Waals surface area contributed by atoms with Crippen molar-refractivity contribution in [3.63, 3.8) is 0 Å². The standard InChI is InChI=1S/C15H16N6O/c22-12-1-3-21(4-2-12)15-17-7-11(8-18-15)10-5-13-14(16-6-10)9-19-20-13/h5-9,12,22H,1-4H2,(H,19,20). The number of pyridine rings is 1. The number of rotatable bonds is 2. The van der Waals surface area contributed by atoms with Crippen LogP contribution in [0.25, 0.3) is 22.2 Å². The van der Waals surface area contributed by atoms with Crippen molar-refractivity contribution in [2.45, 2.75) is 18.9 Å². The molecule has 0 aliphatic carbocycles. The number of hydrogen-bond acceptors (Lipinski definition) is 6. The van der Waals surface area contributed by atoms with E-state index in [1.54, 1.807) is 12.4 Å². The average molecular weight is 296 g/mol. The molecule has 0 aromatic carbocycles. The summed E-state index contributed by atoms with van der Waals surface area (Å²) < 4.78 is 0. The molecule has 3 aromatic rings. The molecule has 0 atom stereocenters. The Labute approximate surface area is 127 Å². The van der Waals surface area contributed by atoms with Gasteiger partial charge in [-0.3, -0.25) is 10.1 Å². The molecule has 1 aliphatic rings. The van der Waals surface area contributed by atoms with E-state index in [4.69, 9.17) is 0 Å². The first-order valence-corrected chi connectivity index (χ1v) is 7.34. The van der Waals surface area contributed by atoms with Gasteiger partial charge in [0.2, 0.25) is 5.95 Å². The van der Waals surface area contributed by atoms with Crippen LogP contribution < -0.4 is 4.90 Å². The number of nitrogens with zero attached hydrogens (tertiary/aromatic N) is 5. The van der Waals surface area contributed by atoms with Crippen LogP contribution in [-0.4, -0.2) is 49.4 Å². The van der Waals surface area contributed by atoms with E-state index in [0.29, 0.717) is 5.95 Å². The largest absolute Gasteiger partial charge is 0.393 e. The Morgan fingerprint density at radius 3 is 2.50 bits per heavy atom. The highest BCUT2D eigenvalue weighted by molar-refractivity contribution is 5.79. The van der Waals surface area contributed by atoms with Crippen molar-refractivity contribution in [2.75, 3.05) is 18.0 Å². The Morgan fingerprint density at radius 2 is 1.73 bits per heavy atom. The fourth-order valence-corrected chi connectivity index (χ4v) is 2.69. The molecule has 7 heteroatoms. The van der Waals surface area contributed by atoms with Crippen LogP contribution in [0.2, 0.25) is 0 Å². The van der Waals surface area contributed by atoms with E-state index in [9.17, 15) is 5.11 Å². The van der Waals surface area contributed by atoms with Crippen LogP contribution in [0.1, 0.15) is 12.8 Å². The maximum atomic E-state index is 9.55. The average Bonchev–Trinajstić information content (AvgIpc) is 3.03. The summed E-state index contributed by atoms with van der Waals surface area (Å²) >= 11 is 0. The first-order valence-electron chi connectivity index (χ1n) is 7.34. The Hall–Kier alpha value is -2.54. The summed E-state index contributed by atoms with van der Waals surface area (Å²) in [6.45, 7) is 1.59. The third-order valence-electron chi connectivity index (χ3n) is 4.01. The third kappa shape index (κ3) is 2.39. The minimum atomic E-state index is -0.192. The molecule has 1 aliphatic heterocycles. The monoisotopic (exact) mass is 296 g/mol. The summed E-state index contributed by atoms with van der Waals surface area (Å²) in [7, 11) is 0. The molecule has 112 valence electrons. The van der Waals surface area contributed by atoms with Gasteiger partial charge in [0.05, 0.1) is 17.8 Å². The van der Waals surface area contributed by atoms with Crippen LogP contribution in [0, 0.1) is 0 Å². The van der Waals surface area contributed by atoms with Gasteiger partial charge in [0.25, 0.3) is 0 Å². The Kier molecular flexibility index (Phi) is 3.19. The Balaban J connectivity index is 1.58. The van der Waals surface area contributed by atoms with Crippen molar-refractivity contribution in [2.24, 2.45) is 0 Å². The van der Waals surface area contributed by atoms with E-state index in [1.165, 1.54) is 0 Å². The second kappa shape index (κ2) is 5.34. The zero-order valence-corrected chi connectivity index (χ0v) is 12.0. The molecule has 4 heterocycles. The van der Waals surface area contributed by atoms with Gasteiger partial charge in [0.1, 0.15) is 5.52 Å². The summed E-state index contributed by atoms with van der Waals surface area (Å²) in [6.07, 6.45) is 8.47. The van der Waals surface area contributed by atoms with Gasteiger partial charge in [-0.05, 0) is 18.9 Å². The van der Waals surface area contributed by atoms with E-state index in [0.717, 1.165) is 48.1 Å². The Morgan fingerprint density at radius 1 is 1.00 bits per heavy atom. The second-order valence-corrected chi connectivity index (χ2v) is 5.52. The normalized spacial score (nSPS) is 16.3. The van der Waals surface area contributed by atoms with Crippen molar-refractivity contribution in [1.29, 1.82) is 0 Å². The second-order valence-electron chi connectivity index (χ2n) is 5.52. The number of aromatic amines is 1. The van der Waals surface area contributed by atoms with Crippen molar-refractivity contribution in [3.05, 3.63) is 30.9 Å². The fraction of sp³-hybridized carbons (Fsp3) is 0.333. The number of aliphatic hydroxyl groups is 1. The highest BCUT2D eigenvalue weighted by Gasteiger charge is 2.18. The van der Waals surface area contributed by atoms with Crippen molar-refractivity contribution in [3.8, 4) is 11.1 Å². The lowest BCUT2D eigenvalue weighted by atomic mass is 10.1. The highest BCUT2D eigenvalue weighted by Crippen LogP contribution is 2.22. The molecule has 4 rings (SSSR count). The van der Waals surface area contributed by atoms with Gasteiger partial charge in [-0.25, -0.2) is 9.97 Å². The van der Waals surface area contributed by atoms with E-state index in [-0.39, 0.29) is 6.10 Å². The van der Waals surface area contributed by atoms with Gasteiger partial charge in [-0.2, -0.15) is 5.10 Å². The molecular formula is C15H16N6O. The molecular weight excluding hydrogens is 280 g/mol. The number of piperidine rings is 1. The number of aliphatic hydroxyl groups excluding tert-OH is 1. The number of aromatic nitrogens is 5. The molecule has 3 aromatic heterocycles. The van der Waals surface area contributed by atoms with E-state index in [1.807, 2.05) is 18.5 Å². The van der Waals surface area contributed by atoms with E-state index < -0.39 is 0 Å². The highest BCUT2D eigenvalue weighted by atomic mass is 16.3. The third-order valence-corrected chi connectivity index (χ3v) is 4.01. The zero-order chi connectivity index (χ0) is 14.9.